The standard InChI is InChI=1S/C50H88NO8P/c1-6-8-10-12-14-16-18-20-21-22-23-24-25-26-27-28-29-31-32-34-36-38-40-42-49(52)56-46-48(47-58-60(54,55)57-45-44-51(3,4)5)59-50(53)43-41-39-37-35-33-30-19-17-15-13-11-9-7-2/h8-11,13-17,19-21,48H,6-7,12,18,22-47H2,1-5H3/p+1/b10-8+,11-9+,15-13+,16-14+,19-17+,21-20+. The van der Waals surface area contributed by atoms with E-state index >= 15 is 0 Å². The highest BCUT2D eigenvalue weighted by Crippen LogP contribution is 2.43. The number of hydrogen-bond donors (Lipinski definition) is 1. The van der Waals surface area contributed by atoms with E-state index < -0.39 is 26.5 Å². The van der Waals surface area contributed by atoms with Crippen LogP contribution >= 0.6 is 7.82 Å². The number of nitrogens with zero attached hydrogens (tertiary/aromatic N) is 1. The lowest BCUT2D eigenvalue weighted by Gasteiger charge is -2.24. The van der Waals surface area contributed by atoms with E-state index in [0.29, 0.717) is 17.4 Å². The first-order chi connectivity index (χ1) is 29.0. The van der Waals surface area contributed by atoms with Gasteiger partial charge in [-0.25, -0.2) is 4.57 Å². The van der Waals surface area contributed by atoms with Gasteiger partial charge in [-0.2, -0.15) is 0 Å². The van der Waals surface area contributed by atoms with Gasteiger partial charge in [0.1, 0.15) is 19.8 Å². The molecule has 2 unspecified atom stereocenters. The number of carbonyl (C=O) groups is 2. The van der Waals surface area contributed by atoms with Crippen LogP contribution in [-0.2, 0) is 32.7 Å². The third-order valence-corrected chi connectivity index (χ3v) is 10.8. The number of ether oxygens (including phenoxy) is 2. The molecule has 0 saturated carbocycles. The molecule has 0 aliphatic rings. The SMILES string of the molecule is CC/C=C/C=C/C=C/CCCCCCCC(=O)OC(COC(=O)CCCCCCCCCCCCCCC/C=C/C/C=C/C/C=C/CC)COP(=O)(O)OCC[N+](C)(C)C. The number of quaternary nitrogens is 1. The van der Waals surface area contributed by atoms with E-state index in [1.165, 1.54) is 70.6 Å². The predicted octanol–water partition coefficient (Wildman–Crippen LogP) is 13.8. The summed E-state index contributed by atoms with van der Waals surface area (Å²) in [4.78, 5) is 35.4. The van der Waals surface area contributed by atoms with Crippen LogP contribution in [0.2, 0.25) is 0 Å². The highest BCUT2D eigenvalue weighted by atomic mass is 31.2. The minimum atomic E-state index is -4.38. The van der Waals surface area contributed by atoms with Crippen LogP contribution in [0.15, 0.2) is 72.9 Å². The van der Waals surface area contributed by atoms with Crippen molar-refractivity contribution in [1.29, 1.82) is 0 Å². The smallest absolute Gasteiger partial charge is 0.462 e. The van der Waals surface area contributed by atoms with E-state index in [1.54, 1.807) is 0 Å². The molecule has 0 aromatic rings. The van der Waals surface area contributed by atoms with Crippen LogP contribution in [-0.4, -0.2) is 74.9 Å². The molecule has 0 amide bonds. The Balaban J connectivity index is 4.24. The molecule has 0 aromatic heterocycles. The molecule has 0 saturated heterocycles. The first-order valence-corrected chi connectivity index (χ1v) is 25.2. The number of phosphoric ester groups is 1. The van der Waals surface area contributed by atoms with Crippen molar-refractivity contribution >= 4 is 19.8 Å². The van der Waals surface area contributed by atoms with Gasteiger partial charge in [-0.1, -0.05) is 177 Å². The maximum absolute atomic E-state index is 12.7. The summed E-state index contributed by atoms with van der Waals surface area (Å²) < 4.78 is 34.3. The van der Waals surface area contributed by atoms with Gasteiger partial charge in [0.05, 0.1) is 27.7 Å². The van der Waals surface area contributed by atoms with Crippen molar-refractivity contribution in [2.45, 2.75) is 187 Å². The van der Waals surface area contributed by atoms with Crippen LogP contribution in [0.25, 0.3) is 0 Å². The molecule has 0 heterocycles. The molecule has 0 radical (unpaired) electrons. The number of esters is 2. The Morgan fingerprint density at radius 3 is 1.52 bits per heavy atom. The lowest BCUT2D eigenvalue weighted by molar-refractivity contribution is -0.870. The monoisotopic (exact) mass is 863 g/mol. The van der Waals surface area contributed by atoms with E-state index in [-0.39, 0.29) is 32.0 Å². The number of allylic oxidation sites excluding steroid dienone is 12. The Labute approximate surface area is 368 Å². The highest BCUT2D eigenvalue weighted by Gasteiger charge is 2.27. The summed E-state index contributed by atoms with van der Waals surface area (Å²) in [6, 6.07) is 0. The third kappa shape index (κ3) is 45.0. The summed E-state index contributed by atoms with van der Waals surface area (Å²) in [6.45, 7) is 4.15. The number of likely N-dealkylation sites (N-methyl/N-ethyl adjacent to an activating group) is 1. The molecule has 346 valence electrons. The van der Waals surface area contributed by atoms with Crippen molar-refractivity contribution < 1.29 is 42.1 Å². The number of rotatable bonds is 42. The fourth-order valence-corrected chi connectivity index (χ4v) is 6.89. The van der Waals surface area contributed by atoms with Gasteiger partial charge in [0.15, 0.2) is 6.10 Å². The second-order valence-corrected chi connectivity index (χ2v) is 18.2. The predicted molar refractivity (Wildman–Crippen MR) is 252 cm³/mol. The zero-order valence-electron chi connectivity index (χ0n) is 38.9. The van der Waals surface area contributed by atoms with Gasteiger partial charge in [0, 0.05) is 12.8 Å². The van der Waals surface area contributed by atoms with E-state index in [2.05, 4.69) is 68.5 Å². The average Bonchev–Trinajstić information content (AvgIpc) is 3.20. The molecule has 2 atom stereocenters. The molecule has 9 nitrogen and oxygen atoms in total. The summed E-state index contributed by atoms with van der Waals surface area (Å²) in [5.41, 5.74) is 0. The minimum absolute atomic E-state index is 0.0243. The maximum atomic E-state index is 12.7. The molecule has 0 aromatic carbocycles. The molecule has 0 aliphatic carbocycles. The third-order valence-electron chi connectivity index (χ3n) is 9.79. The van der Waals surface area contributed by atoms with Crippen LogP contribution in [0.1, 0.15) is 181 Å². The first kappa shape index (κ1) is 57.4. The summed E-state index contributed by atoms with van der Waals surface area (Å²) in [5.74, 6) is -0.827. The van der Waals surface area contributed by atoms with Crippen molar-refractivity contribution in [3.8, 4) is 0 Å². The fourth-order valence-electron chi connectivity index (χ4n) is 6.15. The van der Waals surface area contributed by atoms with E-state index in [1.807, 2.05) is 39.4 Å². The summed E-state index contributed by atoms with van der Waals surface area (Å²) in [6.07, 6.45) is 52.5. The Morgan fingerprint density at radius 1 is 0.533 bits per heavy atom. The normalized spacial score (nSPS) is 14.2. The zero-order chi connectivity index (χ0) is 44.3. The maximum Gasteiger partial charge on any atom is 0.472 e. The van der Waals surface area contributed by atoms with Crippen molar-refractivity contribution in [1.82, 2.24) is 0 Å². The van der Waals surface area contributed by atoms with Gasteiger partial charge in [0.2, 0.25) is 0 Å². The molecule has 10 heteroatoms. The second kappa shape index (κ2) is 41.8. The van der Waals surface area contributed by atoms with Crippen LogP contribution < -0.4 is 0 Å². The quantitative estimate of drug-likeness (QED) is 0.0161. The van der Waals surface area contributed by atoms with Crippen LogP contribution in [0.3, 0.4) is 0 Å². The molecule has 0 aliphatic heterocycles. The second-order valence-electron chi connectivity index (χ2n) is 16.8. The topological polar surface area (TPSA) is 108 Å². The summed E-state index contributed by atoms with van der Waals surface area (Å²) in [5, 5.41) is 0. The molecule has 60 heavy (non-hydrogen) atoms. The Kier molecular flexibility index (Phi) is 40.0. The van der Waals surface area contributed by atoms with Crippen molar-refractivity contribution in [3.05, 3.63) is 72.9 Å². The van der Waals surface area contributed by atoms with E-state index in [4.69, 9.17) is 18.5 Å². The molecule has 0 bridgehead atoms. The molecule has 0 fully saturated rings. The number of unbranched alkanes of at least 4 members (excludes halogenated alkanes) is 18. The van der Waals surface area contributed by atoms with Crippen LogP contribution in [0, 0.1) is 0 Å². The van der Waals surface area contributed by atoms with Crippen molar-refractivity contribution in [2.24, 2.45) is 0 Å². The van der Waals surface area contributed by atoms with Gasteiger partial charge in [0.25, 0.3) is 0 Å². The Hall–Kier alpha value is -2.55. The Bertz CT molecular complexity index is 1250. The lowest BCUT2D eigenvalue weighted by Crippen LogP contribution is -2.37. The largest absolute Gasteiger partial charge is 0.472 e. The number of hydrogen-bond acceptors (Lipinski definition) is 7. The van der Waals surface area contributed by atoms with Gasteiger partial charge in [-0.15, -0.1) is 0 Å². The van der Waals surface area contributed by atoms with Crippen molar-refractivity contribution in [2.75, 3.05) is 47.5 Å². The van der Waals surface area contributed by atoms with Crippen LogP contribution in [0.4, 0.5) is 0 Å². The van der Waals surface area contributed by atoms with E-state index in [9.17, 15) is 19.0 Å². The zero-order valence-corrected chi connectivity index (χ0v) is 39.8. The molecule has 0 spiro atoms. The highest BCUT2D eigenvalue weighted by molar-refractivity contribution is 7.47. The fraction of sp³-hybridized carbons (Fsp3) is 0.720. The molecule has 0 rings (SSSR count). The average molecular weight is 863 g/mol. The van der Waals surface area contributed by atoms with Gasteiger partial charge in [-0.3, -0.25) is 18.6 Å². The lowest BCUT2D eigenvalue weighted by atomic mass is 10.0. The first-order valence-electron chi connectivity index (χ1n) is 23.7. The molecular formula is C50H89NO8P+. The van der Waals surface area contributed by atoms with Gasteiger partial charge < -0.3 is 18.9 Å². The van der Waals surface area contributed by atoms with Gasteiger partial charge >= 0.3 is 19.8 Å². The number of carbonyl (C=O) groups excluding carboxylic acids is 2. The molecule has 1 N–H and O–H groups in total. The van der Waals surface area contributed by atoms with Crippen LogP contribution in [0.5, 0.6) is 0 Å². The summed E-state index contributed by atoms with van der Waals surface area (Å²) >= 11 is 0. The van der Waals surface area contributed by atoms with Crippen molar-refractivity contribution in [3.63, 3.8) is 0 Å². The van der Waals surface area contributed by atoms with Gasteiger partial charge in [-0.05, 0) is 64.2 Å². The Morgan fingerprint density at radius 2 is 0.983 bits per heavy atom. The number of phosphoric acid groups is 1. The minimum Gasteiger partial charge on any atom is -0.462 e. The van der Waals surface area contributed by atoms with E-state index in [0.717, 1.165) is 77.0 Å². The molecular weight excluding hydrogens is 774 g/mol. The summed E-state index contributed by atoms with van der Waals surface area (Å²) in [7, 11) is 1.45.